The Bertz CT molecular complexity index is 1110. The molecule has 4 atom stereocenters. The molecule has 0 rings (SSSR count). The normalized spacial score (nSPS) is 14.8. The molecular weight excluding hydrogens is 784 g/mol. The summed E-state index contributed by atoms with van der Waals surface area (Å²) in [5.41, 5.74) is 5.38. The average Bonchev–Trinajstić information content (AvgIpc) is 3.24. The van der Waals surface area contributed by atoms with Crippen molar-refractivity contribution >= 4 is 13.7 Å². The van der Waals surface area contributed by atoms with Gasteiger partial charge in [0.25, 0.3) is 0 Å². The first-order chi connectivity index (χ1) is 29.8. The van der Waals surface area contributed by atoms with Crippen molar-refractivity contribution in [3.8, 4) is 0 Å². The fourth-order valence-corrected chi connectivity index (χ4v) is 8.08. The van der Waals surface area contributed by atoms with Gasteiger partial charge in [-0.25, -0.2) is 4.57 Å². The summed E-state index contributed by atoms with van der Waals surface area (Å²) in [6.07, 6.45) is 54.9. The number of rotatable bonds is 47. The SMILES string of the molecule is CCCCCCCCCCC/C=C/CC/C=C/CC/C=C/C(O)C(COP(=O)(O)OCCN)NC(=O)CC(O)CCCCCCC/C=C\CCCCCCCCCCCCC. The van der Waals surface area contributed by atoms with Crippen LogP contribution in [-0.2, 0) is 18.4 Å². The maximum Gasteiger partial charge on any atom is 0.472 e. The molecule has 0 aliphatic rings. The van der Waals surface area contributed by atoms with Gasteiger partial charge in [-0.15, -0.1) is 0 Å². The summed E-state index contributed by atoms with van der Waals surface area (Å²) in [7, 11) is -4.42. The van der Waals surface area contributed by atoms with Gasteiger partial charge in [0.1, 0.15) is 0 Å². The van der Waals surface area contributed by atoms with E-state index >= 15 is 0 Å². The predicted octanol–water partition coefficient (Wildman–Crippen LogP) is 13.8. The van der Waals surface area contributed by atoms with Crippen molar-refractivity contribution in [2.45, 2.75) is 250 Å². The molecule has 0 saturated carbocycles. The van der Waals surface area contributed by atoms with E-state index in [4.69, 9.17) is 14.8 Å². The smallest absolute Gasteiger partial charge is 0.393 e. The van der Waals surface area contributed by atoms with Gasteiger partial charge in [-0.3, -0.25) is 13.8 Å². The van der Waals surface area contributed by atoms with Gasteiger partial charge in [0.2, 0.25) is 5.91 Å². The Morgan fingerprint density at radius 2 is 0.934 bits per heavy atom. The fourth-order valence-electron chi connectivity index (χ4n) is 7.32. The number of unbranched alkanes of at least 4 members (excludes halogenated alkanes) is 27. The molecule has 358 valence electrons. The second-order valence-corrected chi connectivity index (χ2v) is 18.6. The third-order valence-corrected chi connectivity index (χ3v) is 12.1. The molecule has 0 fully saturated rings. The fraction of sp³-hybridized carbons (Fsp3) is 0.824. The van der Waals surface area contributed by atoms with Crippen molar-refractivity contribution in [2.24, 2.45) is 5.73 Å². The monoisotopic (exact) mass is 881 g/mol. The van der Waals surface area contributed by atoms with Crippen LogP contribution in [0.4, 0.5) is 0 Å². The highest BCUT2D eigenvalue weighted by atomic mass is 31.2. The molecular formula is C51H97N2O7P. The number of amides is 1. The molecule has 6 N–H and O–H groups in total. The quantitative estimate of drug-likeness (QED) is 0.0230. The lowest BCUT2D eigenvalue weighted by molar-refractivity contribution is -0.124. The first-order valence-electron chi connectivity index (χ1n) is 25.3. The number of hydrogen-bond donors (Lipinski definition) is 5. The van der Waals surface area contributed by atoms with E-state index < -0.39 is 38.6 Å². The van der Waals surface area contributed by atoms with E-state index in [0.717, 1.165) is 57.8 Å². The first kappa shape index (κ1) is 59.4. The van der Waals surface area contributed by atoms with Crippen LogP contribution in [-0.4, -0.2) is 59.0 Å². The number of aliphatic hydroxyl groups excluding tert-OH is 2. The number of nitrogens with two attached hydrogens (primary N) is 1. The van der Waals surface area contributed by atoms with E-state index in [2.05, 4.69) is 55.6 Å². The summed E-state index contributed by atoms with van der Waals surface area (Å²) in [5.74, 6) is -0.464. The van der Waals surface area contributed by atoms with E-state index in [0.29, 0.717) is 12.8 Å². The molecule has 0 aromatic heterocycles. The van der Waals surface area contributed by atoms with E-state index in [1.807, 2.05) is 6.08 Å². The van der Waals surface area contributed by atoms with E-state index in [1.165, 1.54) is 141 Å². The number of carbonyl (C=O) groups is 1. The zero-order chi connectivity index (χ0) is 44.8. The van der Waals surface area contributed by atoms with Gasteiger partial charge in [0.15, 0.2) is 0 Å². The standard InChI is InChI=1S/C51H97N2O7P/c1-3-5-7-9-11-13-15-17-19-21-23-25-26-28-30-32-34-36-38-40-42-48(54)46-51(56)53-49(47-60-61(57,58)59-45-44-52)50(55)43-41-39-37-35-33-31-29-27-24-22-20-18-16-14-12-10-8-6-4-2/h24,26-28,33,35,41,43,48-50,54-55H,3-23,25,29-32,34,36-40,42,44-47,52H2,1-2H3,(H,53,56)(H,57,58)/b27-24+,28-26-,35-33+,43-41+. The van der Waals surface area contributed by atoms with Crippen molar-refractivity contribution in [1.29, 1.82) is 0 Å². The molecule has 1 amide bonds. The zero-order valence-corrected chi connectivity index (χ0v) is 40.4. The minimum absolute atomic E-state index is 0.0404. The van der Waals surface area contributed by atoms with Gasteiger partial charge in [-0.05, 0) is 70.6 Å². The Hall–Kier alpha value is -1.58. The Morgan fingerprint density at radius 1 is 0.557 bits per heavy atom. The molecule has 0 aliphatic heterocycles. The maximum atomic E-state index is 12.9. The molecule has 0 heterocycles. The van der Waals surface area contributed by atoms with Gasteiger partial charge >= 0.3 is 7.82 Å². The second-order valence-electron chi connectivity index (χ2n) is 17.2. The molecule has 0 spiro atoms. The molecule has 0 radical (unpaired) electrons. The Morgan fingerprint density at radius 3 is 1.36 bits per heavy atom. The number of nitrogens with one attached hydrogen (secondary N) is 1. The topological polar surface area (TPSA) is 151 Å². The summed E-state index contributed by atoms with van der Waals surface area (Å²) in [6, 6.07) is -1.01. The molecule has 0 aliphatic carbocycles. The van der Waals surface area contributed by atoms with E-state index in [1.54, 1.807) is 6.08 Å². The summed E-state index contributed by atoms with van der Waals surface area (Å²) in [6.45, 7) is 3.96. The highest BCUT2D eigenvalue weighted by Gasteiger charge is 2.27. The minimum Gasteiger partial charge on any atom is -0.393 e. The third-order valence-electron chi connectivity index (χ3n) is 11.2. The lowest BCUT2D eigenvalue weighted by atomic mass is 10.0. The molecule has 0 saturated heterocycles. The summed E-state index contributed by atoms with van der Waals surface area (Å²) < 4.78 is 22.1. The Balaban J connectivity index is 4.29. The van der Waals surface area contributed by atoms with E-state index in [9.17, 15) is 24.5 Å². The summed E-state index contributed by atoms with van der Waals surface area (Å²) >= 11 is 0. The lowest BCUT2D eigenvalue weighted by Gasteiger charge is -2.24. The second kappa shape index (κ2) is 46.4. The van der Waals surface area contributed by atoms with E-state index in [-0.39, 0.29) is 19.6 Å². The highest BCUT2D eigenvalue weighted by molar-refractivity contribution is 7.47. The molecule has 4 unspecified atom stereocenters. The average molecular weight is 881 g/mol. The third kappa shape index (κ3) is 44.8. The predicted molar refractivity (Wildman–Crippen MR) is 260 cm³/mol. The van der Waals surface area contributed by atoms with Crippen LogP contribution in [0.1, 0.15) is 232 Å². The van der Waals surface area contributed by atoms with Crippen molar-refractivity contribution < 1.29 is 33.5 Å². The molecule has 9 nitrogen and oxygen atoms in total. The van der Waals surface area contributed by atoms with Crippen LogP contribution in [0, 0.1) is 0 Å². The van der Waals surface area contributed by atoms with Gasteiger partial charge in [-0.2, -0.15) is 0 Å². The van der Waals surface area contributed by atoms with Crippen LogP contribution in [0.3, 0.4) is 0 Å². The van der Waals surface area contributed by atoms with Crippen molar-refractivity contribution in [2.75, 3.05) is 19.8 Å². The minimum atomic E-state index is -4.42. The Kier molecular flexibility index (Phi) is 45.2. The molecule has 0 aromatic rings. The van der Waals surface area contributed by atoms with Crippen LogP contribution in [0.2, 0.25) is 0 Å². The summed E-state index contributed by atoms with van der Waals surface area (Å²) in [5, 5.41) is 24.1. The first-order valence-corrected chi connectivity index (χ1v) is 26.8. The maximum absolute atomic E-state index is 12.9. The van der Waals surface area contributed by atoms with Gasteiger partial charge < -0.3 is 26.2 Å². The molecule has 0 bridgehead atoms. The van der Waals surface area contributed by atoms with Crippen LogP contribution in [0.15, 0.2) is 48.6 Å². The number of phosphoric acid groups is 1. The van der Waals surface area contributed by atoms with Crippen LogP contribution < -0.4 is 11.1 Å². The molecule has 61 heavy (non-hydrogen) atoms. The van der Waals surface area contributed by atoms with Crippen molar-refractivity contribution in [1.82, 2.24) is 5.32 Å². The van der Waals surface area contributed by atoms with Crippen LogP contribution in [0.25, 0.3) is 0 Å². The Labute approximate surface area is 375 Å². The number of aliphatic hydroxyl groups is 2. The van der Waals surface area contributed by atoms with Crippen molar-refractivity contribution in [3.63, 3.8) is 0 Å². The number of carbonyl (C=O) groups excluding carboxylic acids is 1. The van der Waals surface area contributed by atoms with Gasteiger partial charge in [0.05, 0.1) is 37.9 Å². The van der Waals surface area contributed by atoms with Crippen molar-refractivity contribution in [3.05, 3.63) is 48.6 Å². The molecule has 0 aromatic carbocycles. The largest absolute Gasteiger partial charge is 0.472 e. The summed E-state index contributed by atoms with van der Waals surface area (Å²) in [4.78, 5) is 22.8. The zero-order valence-electron chi connectivity index (χ0n) is 39.5. The van der Waals surface area contributed by atoms with Gasteiger partial charge in [-0.1, -0.05) is 204 Å². The lowest BCUT2D eigenvalue weighted by Crippen LogP contribution is -2.46. The highest BCUT2D eigenvalue weighted by Crippen LogP contribution is 2.43. The number of hydrogen-bond acceptors (Lipinski definition) is 7. The van der Waals surface area contributed by atoms with Crippen LogP contribution in [0.5, 0.6) is 0 Å². The molecule has 10 heteroatoms. The number of phosphoric ester groups is 1. The van der Waals surface area contributed by atoms with Crippen LogP contribution >= 0.6 is 7.82 Å². The van der Waals surface area contributed by atoms with Gasteiger partial charge in [0, 0.05) is 6.54 Å². The number of allylic oxidation sites excluding steroid dienone is 7.